The van der Waals surface area contributed by atoms with Gasteiger partial charge in [0.05, 0.1) is 6.04 Å². The van der Waals surface area contributed by atoms with Crippen LogP contribution in [0, 0.1) is 0 Å². The van der Waals surface area contributed by atoms with Crippen molar-refractivity contribution in [3.05, 3.63) is 24.3 Å². The van der Waals surface area contributed by atoms with Crippen molar-refractivity contribution in [2.24, 2.45) is 5.73 Å². The summed E-state index contributed by atoms with van der Waals surface area (Å²) in [5.74, 6) is -0.0182. The molecule has 0 saturated carbocycles. The van der Waals surface area contributed by atoms with Crippen LogP contribution in [0.2, 0.25) is 0 Å². The molecule has 7 heteroatoms. The fourth-order valence-electron chi connectivity index (χ4n) is 2.08. The Morgan fingerprint density at radius 3 is 2.20 bits per heavy atom. The third kappa shape index (κ3) is 4.71. The molecule has 1 fully saturated rings. The first-order valence-corrected chi connectivity index (χ1v) is 6.36. The first-order valence-electron chi connectivity index (χ1n) is 6.36. The molecule has 3 amide bonds. The summed E-state index contributed by atoms with van der Waals surface area (Å²) in [7, 11) is 0. The normalized spacial score (nSPS) is 17.7. The van der Waals surface area contributed by atoms with Gasteiger partial charge in [-0.1, -0.05) is 6.42 Å². The lowest BCUT2D eigenvalue weighted by molar-refractivity contribution is -0.118. The van der Waals surface area contributed by atoms with Gasteiger partial charge in [-0.3, -0.25) is 4.79 Å². The van der Waals surface area contributed by atoms with Crippen molar-refractivity contribution >= 4 is 35.7 Å². The number of nitrogens with one attached hydrogen (secondary N) is 3. The molecule has 1 heterocycles. The molecule has 2 rings (SSSR count). The lowest BCUT2D eigenvalue weighted by Gasteiger charge is -2.22. The van der Waals surface area contributed by atoms with Crippen molar-refractivity contribution in [3.8, 4) is 0 Å². The number of carbonyl (C=O) groups excluding carboxylic acids is 2. The highest BCUT2D eigenvalue weighted by Crippen LogP contribution is 2.15. The van der Waals surface area contributed by atoms with Gasteiger partial charge in [0.25, 0.3) is 0 Å². The van der Waals surface area contributed by atoms with E-state index in [9.17, 15) is 9.59 Å². The predicted molar refractivity (Wildman–Crippen MR) is 81.2 cm³/mol. The SMILES string of the molecule is Cl.NC(=O)Nc1ccc(NC(=O)[C@@H]2CCCCN2)cc1. The van der Waals surface area contributed by atoms with E-state index in [0.717, 1.165) is 25.8 Å². The van der Waals surface area contributed by atoms with Crippen LogP contribution in [0.5, 0.6) is 0 Å². The molecule has 1 aromatic rings. The summed E-state index contributed by atoms with van der Waals surface area (Å²) in [6.07, 6.45) is 3.07. The van der Waals surface area contributed by atoms with Gasteiger partial charge >= 0.3 is 6.03 Å². The minimum Gasteiger partial charge on any atom is -0.351 e. The lowest BCUT2D eigenvalue weighted by Crippen LogP contribution is -2.43. The zero-order valence-electron chi connectivity index (χ0n) is 11.0. The summed E-state index contributed by atoms with van der Waals surface area (Å²) < 4.78 is 0. The van der Waals surface area contributed by atoms with Gasteiger partial charge in [0, 0.05) is 11.4 Å². The van der Waals surface area contributed by atoms with Gasteiger partial charge in [0.15, 0.2) is 0 Å². The summed E-state index contributed by atoms with van der Waals surface area (Å²) >= 11 is 0. The van der Waals surface area contributed by atoms with E-state index < -0.39 is 6.03 Å². The number of amides is 3. The van der Waals surface area contributed by atoms with E-state index in [1.54, 1.807) is 24.3 Å². The van der Waals surface area contributed by atoms with Crippen molar-refractivity contribution in [1.82, 2.24) is 5.32 Å². The Morgan fingerprint density at radius 2 is 1.70 bits per heavy atom. The highest BCUT2D eigenvalue weighted by Gasteiger charge is 2.20. The van der Waals surface area contributed by atoms with Crippen LogP contribution in [0.3, 0.4) is 0 Å². The zero-order valence-corrected chi connectivity index (χ0v) is 11.8. The van der Waals surface area contributed by atoms with E-state index in [1.165, 1.54) is 0 Å². The Hall–Kier alpha value is -1.79. The smallest absolute Gasteiger partial charge is 0.316 e. The van der Waals surface area contributed by atoms with Crippen LogP contribution in [0.25, 0.3) is 0 Å². The Kier molecular flexibility index (Phi) is 6.27. The standard InChI is InChI=1S/C13H18N4O2.ClH/c14-13(19)17-10-6-4-9(5-7-10)16-12(18)11-3-1-2-8-15-11;/h4-7,11,15H,1-3,8H2,(H,16,18)(H3,14,17,19);1H/t11-;/m0./s1. The lowest BCUT2D eigenvalue weighted by atomic mass is 10.0. The summed E-state index contributed by atoms with van der Waals surface area (Å²) in [6.45, 7) is 0.888. The Balaban J connectivity index is 0.00000200. The summed E-state index contributed by atoms with van der Waals surface area (Å²) in [4.78, 5) is 22.6. The molecule has 0 unspecified atom stereocenters. The fraction of sp³-hybridized carbons (Fsp3) is 0.385. The molecule has 0 radical (unpaired) electrons. The van der Waals surface area contributed by atoms with Gasteiger partial charge in [-0.2, -0.15) is 0 Å². The van der Waals surface area contributed by atoms with Crippen LogP contribution in [0.1, 0.15) is 19.3 Å². The van der Waals surface area contributed by atoms with Crippen LogP contribution in [-0.2, 0) is 4.79 Å². The number of carbonyl (C=O) groups is 2. The van der Waals surface area contributed by atoms with Gasteiger partial charge in [-0.25, -0.2) is 4.79 Å². The van der Waals surface area contributed by atoms with E-state index in [-0.39, 0.29) is 24.4 Å². The number of hydrogen-bond donors (Lipinski definition) is 4. The third-order valence-electron chi connectivity index (χ3n) is 3.05. The Bertz CT molecular complexity index is 458. The van der Waals surface area contributed by atoms with Crippen molar-refractivity contribution in [2.45, 2.75) is 25.3 Å². The molecule has 0 spiro atoms. The van der Waals surface area contributed by atoms with Crippen LogP contribution < -0.4 is 21.7 Å². The largest absolute Gasteiger partial charge is 0.351 e. The number of halogens is 1. The molecule has 0 aromatic heterocycles. The second-order valence-electron chi connectivity index (χ2n) is 4.56. The first-order chi connectivity index (χ1) is 9.15. The monoisotopic (exact) mass is 298 g/mol. The molecular weight excluding hydrogens is 280 g/mol. The van der Waals surface area contributed by atoms with Crippen molar-refractivity contribution in [1.29, 1.82) is 0 Å². The number of benzene rings is 1. The Morgan fingerprint density at radius 1 is 1.10 bits per heavy atom. The maximum Gasteiger partial charge on any atom is 0.316 e. The van der Waals surface area contributed by atoms with Crippen LogP contribution >= 0.6 is 12.4 Å². The van der Waals surface area contributed by atoms with Crippen molar-refractivity contribution < 1.29 is 9.59 Å². The van der Waals surface area contributed by atoms with E-state index in [1.807, 2.05) is 0 Å². The third-order valence-corrected chi connectivity index (χ3v) is 3.05. The highest BCUT2D eigenvalue weighted by molar-refractivity contribution is 5.95. The van der Waals surface area contributed by atoms with Crippen molar-refractivity contribution in [2.75, 3.05) is 17.2 Å². The first kappa shape index (κ1) is 16.3. The Labute approximate surface area is 123 Å². The summed E-state index contributed by atoms with van der Waals surface area (Å²) in [6, 6.07) is 6.11. The summed E-state index contributed by atoms with van der Waals surface area (Å²) in [5.41, 5.74) is 6.31. The van der Waals surface area contributed by atoms with Gasteiger partial charge in [-0.05, 0) is 43.7 Å². The molecule has 6 nitrogen and oxygen atoms in total. The van der Waals surface area contributed by atoms with E-state index in [2.05, 4.69) is 16.0 Å². The number of piperidine rings is 1. The average Bonchev–Trinajstić information content (AvgIpc) is 2.41. The average molecular weight is 299 g/mol. The molecule has 0 bridgehead atoms. The topological polar surface area (TPSA) is 96.2 Å². The summed E-state index contributed by atoms with van der Waals surface area (Å²) in [5, 5.41) is 8.50. The molecular formula is C13H19ClN4O2. The number of rotatable bonds is 3. The van der Waals surface area contributed by atoms with Crippen LogP contribution in [-0.4, -0.2) is 24.5 Å². The number of nitrogens with two attached hydrogens (primary N) is 1. The predicted octanol–water partition coefficient (Wildman–Crippen LogP) is 1.68. The van der Waals surface area contributed by atoms with Gasteiger partial charge < -0.3 is 21.7 Å². The van der Waals surface area contributed by atoms with Gasteiger partial charge in [0.1, 0.15) is 0 Å². The van der Waals surface area contributed by atoms with E-state index in [0.29, 0.717) is 11.4 Å². The quantitative estimate of drug-likeness (QED) is 0.683. The second-order valence-corrected chi connectivity index (χ2v) is 4.56. The van der Waals surface area contributed by atoms with E-state index in [4.69, 9.17) is 5.73 Å². The van der Waals surface area contributed by atoms with Crippen LogP contribution in [0.15, 0.2) is 24.3 Å². The maximum absolute atomic E-state index is 12.0. The second kappa shape index (κ2) is 7.72. The number of hydrogen-bond acceptors (Lipinski definition) is 3. The maximum atomic E-state index is 12.0. The van der Waals surface area contributed by atoms with Crippen molar-refractivity contribution in [3.63, 3.8) is 0 Å². The fourth-order valence-corrected chi connectivity index (χ4v) is 2.08. The molecule has 110 valence electrons. The number of anilines is 2. The minimum absolute atomic E-state index is 0. The molecule has 1 aliphatic rings. The molecule has 1 aliphatic heterocycles. The zero-order chi connectivity index (χ0) is 13.7. The highest BCUT2D eigenvalue weighted by atomic mass is 35.5. The van der Waals surface area contributed by atoms with Crippen LogP contribution in [0.4, 0.5) is 16.2 Å². The van der Waals surface area contributed by atoms with Gasteiger partial charge in [-0.15, -0.1) is 12.4 Å². The molecule has 20 heavy (non-hydrogen) atoms. The molecule has 5 N–H and O–H groups in total. The number of urea groups is 1. The molecule has 1 atom stereocenters. The molecule has 1 saturated heterocycles. The van der Waals surface area contributed by atoms with Gasteiger partial charge in [0.2, 0.25) is 5.91 Å². The minimum atomic E-state index is -0.608. The number of primary amides is 1. The molecule has 0 aliphatic carbocycles. The molecule has 1 aromatic carbocycles. The van der Waals surface area contributed by atoms with E-state index >= 15 is 0 Å².